The predicted octanol–water partition coefficient (Wildman–Crippen LogP) is 7.54. The summed E-state index contributed by atoms with van der Waals surface area (Å²) >= 11 is 18.6. The van der Waals surface area contributed by atoms with E-state index in [1.54, 1.807) is 36.4 Å². The molecular weight excluding hydrogens is 415 g/mol. The first kappa shape index (κ1) is 21.4. The molecule has 5 heteroatoms. The van der Waals surface area contributed by atoms with Gasteiger partial charge in [-0.05, 0) is 42.7 Å². The van der Waals surface area contributed by atoms with Crippen molar-refractivity contribution >= 4 is 46.4 Å². The lowest BCUT2D eigenvalue weighted by Crippen LogP contribution is -2.26. The van der Waals surface area contributed by atoms with Crippen molar-refractivity contribution < 1.29 is 9.59 Å². The standard InChI is InChI=1S/C23H23Cl3O2/c24-16-7-5-6-15(12-16)23(28)14-20(18-11-10-17(25)13-21(18)26)19-8-3-1-2-4-9-22(19)27/h5-7,10-13,19-20H,1-4,8-9,14H2. The highest BCUT2D eigenvalue weighted by atomic mass is 35.5. The molecule has 2 unspecified atom stereocenters. The van der Waals surface area contributed by atoms with Crippen LogP contribution in [0.25, 0.3) is 0 Å². The third-order valence-electron chi connectivity index (χ3n) is 5.50. The summed E-state index contributed by atoms with van der Waals surface area (Å²) in [5, 5.41) is 1.57. The third-order valence-corrected chi connectivity index (χ3v) is 6.30. The molecule has 0 heterocycles. The van der Waals surface area contributed by atoms with Crippen LogP contribution in [0.2, 0.25) is 15.1 Å². The van der Waals surface area contributed by atoms with Gasteiger partial charge in [-0.25, -0.2) is 0 Å². The molecule has 0 amide bonds. The SMILES string of the molecule is O=C(CC(c1ccc(Cl)cc1Cl)C1CCCCCCC1=O)c1cccc(Cl)c1. The van der Waals surface area contributed by atoms with Gasteiger partial charge in [0.1, 0.15) is 5.78 Å². The quantitative estimate of drug-likeness (QED) is 0.453. The summed E-state index contributed by atoms with van der Waals surface area (Å²) in [5.74, 6) is -0.271. The molecule has 2 aromatic carbocycles. The first-order chi connectivity index (χ1) is 13.5. The largest absolute Gasteiger partial charge is 0.299 e. The van der Waals surface area contributed by atoms with Crippen LogP contribution in [-0.2, 0) is 4.79 Å². The molecule has 0 radical (unpaired) electrons. The molecule has 28 heavy (non-hydrogen) atoms. The lowest BCUT2D eigenvalue weighted by molar-refractivity contribution is -0.124. The fraction of sp³-hybridized carbons (Fsp3) is 0.391. The van der Waals surface area contributed by atoms with Gasteiger partial charge in [-0.3, -0.25) is 9.59 Å². The highest BCUT2D eigenvalue weighted by Crippen LogP contribution is 2.39. The van der Waals surface area contributed by atoms with E-state index in [1.165, 1.54) is 0 Å². The zero-order valence-corrected chi connectivity index (χ0v) is 17.9. The van der Waals surface area contributed by atoms with Crippen LogP contribution in [0.15, 0.2) is 42.5 Å². The van der Waals surface area contributed by atoms with Gasteiger partial charge in [0.15, 0.2) is 5.78 Å². The topological polar surface area (TPSA) is 34.1 Å². The average Bonchev–Trinajstić information content (AvgIpc) is 2.64. The highest BCUT2D eigenvalue weighted by molar-refractivity contribution is 6.35. The minimum atomic E-state index is -0.262. The van der Waals surface area contributed by atoms with Crippen LogP contribution < -0.4 is 0 Å². The van der Waals surface area contributed by atoms with Gasteiger partial charge in [0.05, 0.1) is 0 Å². The minimum Gasteiger partial charge on any atom is -0.299 e. The average molecular weight is 438 g/mol. The summed E-state index contributed by atoms with van der Waals surface area (Å²) < 4.78 is 0. The van der Waals surface area contributed by atoms with Crippen LogP contribution in [0.3, 0.4) is 0 Å². The Hall–Kier alpha value is -1.35. The summed E-state index contributed by atoms with van der Waals surface area (Å²) in [7, 11) is 0. The van der Waals surface area contributed by atoms with Gasteiger partial charge in [0, 0.05) is 45.3 Å². The van der Waals surface area contributed by atoms with Gasteiger partial charge >= 0.3 is 0 Å². The molecule has 148 valence electrons. The van der Waals surface area contributed by atoms with Crippen molar-refractivity contribution in [3.63, 3.8) is 0 Å². The summed E-state index contributed by atoms with van der Waals surface area (Å²) in [6, 6.07) is 12.2. The number of benzene rings is 2. The second-order valence-electron chi connectivity index (χ2n) is 7.44. The van der Waals surface area contributed by atoms with Crippen LogP contribution in [0.4, 0.5) is 0 Å². The molecule has 0 spiro atoms. The van der Waals surface area contributed by atoms with Crippen molar-refractivity contribution in [2.45, 2.75) is 50.9 Å². The Morgan fingerprint density at radius 3 is 2.46 bits per heavy atom. The molecule has 1 aliphatic rings. The van der Waals surface area contributed by atoms with Crippen LogP contribution in [0.5, 0.6) is 0 Å². The van der Waals surface area contributed by atoms with Gasteiger partial charge in [-0.2, -0.15) is 0 Å². The van der Waals surface area contributed by atoms with Crippen molar-refractivity contribution in [1.29, 1.82) is 0 Å². The maximum absolute atomic E-state index is 13.0. The van der Waals surface area contributed by atoms with Gasteiger partial charge < -0.3 is 0 Å². The Labute approximate surface area is 181 Å². The molecule has 1 aliphatic carbocycles. The van der Waals surface area contributed by atoms with E-state index in [4.69, 9.17) is 34.8 Å². The van der Waals surface area contributed by atoms with Crippen LogP contribution >= 0.6 is 34.8 Å². The van der Waals surface area contributed by atoms with E-state index in [9.17, 15) is 9.59 Å². The third kappa shape index (κ3) is 5.37. The molecular formula is C23H23Cl3O2. The zero-order chi connectivity index (χ0) is 20.1. The van der Waals surface area contributed by atoms with Crippen molar-refractivity contribution in [2.24, 2.45) is 5.92 Å². The van der Waals surface area contributed by atoms with Crippen molar-refractivity contribution in [3.05, 3.63) is 68.7 Å². The molecule has 2 aromatic rings. The molecule has 0 aliphatic heterocycles. The molecule has 0 saturated heterocycles. The fourth-order valence-corrected chi connectivity index (χ4v) is 4.78. The number of hydrogen-bond donors (Lipinski definition) is 0. The summed E-state index contributed by atoms with van der Waals surface area (Å²) in [6.07, 6.45) is 5.68. The molecule has 1 fully saturated rings. The van der Waals surface area contributed by atoms with E-state index in [2.05, 4.69) is 0 Å². The number of carbonyl (C=O) groups excluding carboxylic acids is 2. The Bertz CT molecular complexity index is 863. The Morgan fingerprint density at radius 2 is 1.71 bits per heavy atom. The summed E-state index contributed by atoms with van der Waals surface area (Å²) in [5.41, 5.74) is 1.38. The molecule has 0 bridgehead atoms. The summed E-state index contributed by atoms with van der Waals surface area (Å²) in [4.78, 5) is 26.0. The van der Waals surface area contributed by atoms with Gasteiger partial charge in [-0.15, -0.1) is 0 Å². The van der Waals surface area contributed by atoms with E-state index in [0.29, 0.717) is 27.1 Å². The Balaban J connectivity index is 1.95. The molecule has 0 N–H and O–H groups in total. The maximum atomic E-state index is 13.0. The first-order valence-corrected chi connectivity index (χ1v) is 10.9. The Kier molecular flexibility index (Phi) is 7.56. The molecule has 2 atom stereocenters. The van der Waals surface area contributed by atoms with Crippen LogP contribution in [0.1, 0.15) is 66.8 Å². The molecule has 3 rings (SSSR count). The predicted molar refractivity (Wildman–Crippen MR) is 116 cm³/mol. The van der Waals surface area contributed by atoms with Crippen molar-refractivity contribution in [1.82, 2.24) is 0 Å². The smallest absolute Gasteiger partial charge is 0.163 e. The first-order valence-electron chi connectivity index (χ1n) is 9.72. The molecule has 0 aromatic heterocycles. The van der Waals surface area contributed by atoms with Crippen molar-refractivity contribution in [3.8, 4) is 0 Å². The second-order valence-corrected chi connectivity index (χ2v) is 8.72. The summed E-state index contributed by atoms with van der Waals surface area (Å²) in [6.45, 7) is 0. The van der Waals surface area contributed by atoms with Crippen LogP contribution in [-0.4, -0.2) is 11.6 Å². The van der Waals surface area contributed by atoms with E-state index in [0.717, 1.165) is 37.7 Å². The lowest BCUT2D eigenvalue weighted by atomic mass is 9.75. The van der Waals surface area contributed by atoms with E-state index >= 15 is 0 Å². The molecule has 1 saturated carbocycles. The molecule has 2 nitrogen and oxygen atoms in total. The van der Waals surface area contributed by atoms with Crippen molar-refractivity contribution in [2.75, 3.05) is 0 Å². The minimum absolute atomic E-state index is 0.0339. The Morgan fingerprint density at radius 1 is 0.964 bits per heavy atom. The van der Waals surface area contributed by atoms with Gasteiger partial charge in [-0.1, -0.05) is 72.3 Å². The van der Waals surface area contributed by atoms with E-state index < -0.39 is 0 Å². The number of halogens is 3. The monoisotopic (exact) mass is 436 g/mol. The van der Waals surface area contributed by atoms with E-state index in [-0.39, 0.29) is 29.8 Å². The zero-order valence-electron chi connectivity index (χ0n) is 15.6. The fourth-order valence-electron chi connectivity index (χ4n) is 4.04. The number of Topliss-reactive ketones (excluding diaryl/α,β-unsaturated/α-hetero) is 2. The van der Waals surface area contributed by atoms with Gasteiger partial charge in [0.2, 0.25) is 0 Å². The second kappa shape index (κ2) is 9.91. The van der Waals surface area contributed by atoms with Crippen LogP contribution in [0, 0.1) is 5.92 Å². The normalized spacial score (nSPS) is 19.0. The van der Waals surface area contributed by atoms with E-state index in [1.807, 2.05) is 6.07 Å². The number of ketones is 2. The number of rotatable bonds is 5. The van der Waals surface area contributed by atoms with Gasteiger partial charge in [0.25, 0.3) is 0 Å². The number of hydrogen-bond acceptors (Lipinski definition) is 2. The lowest BCUT2D eigenvalue weighted by Gasteiger charge is -2.28. The number of carbonyl (C=O) groups is 2. The maximum Gasteiger partial charge on any atom is 0.163 e. The highest BCUT2D eigenvalue weighted by Gasteiger charge is 2.32.